The van der Waals surface area contributed by atoms with Crippen LogP contribution in [0.2, 0.25) is 0 Å². The van der Waals surface area contributed by atoms with Crippen LogP contribution in [0.15, 0.2) is 47.6 Å². The van der Waals surface area contributed by atoms with Crippen LogP contribution in [0.1, 0.15) is 11.1 Å². The van der Waals surface area contributed by atoms with Crippen molar-refractivity contribution in [2.24, 2.45) is 0 Å². The molecule has 1 N–H and O–H groups in total. The summed E-state index contributed by atoms with van der Waals surface area (Å²) < 4.78 is 13.5. The molecule has 19 heavy (non-hydrogen) atoms. The second-order valence-electron chi connectivity index (χ2n) is 4.39. The number of aryl methyl sites for hydroxylation is 1. The number of rotatable bonds is 3. The Kier molecular flexibility index (Phi) is 3.25. The number of hydrogen-bond acceptors (Lipinski definition) is 2. The third kappa shape index (κ3) is 2.49. The summed E-state index contributed by atoms with van der Waals surface area (Å²) in [5.74, 6) is 0.410. The second-order valence-corrected chi connectivity index (χ2v) is 5.36. The summed E-state index contributed by atoms with van der Waals surface area (Å²) in [4.78, 5) is 7.80. The van der Waals surface area contributed by atoms with Crippen molar-refractivity contribution < 1.29 is 4.39 Å². The molecule has 0 fully saturated rings. The number of H-pyrrole nitrogens is 1. The Hall–Kier alpha value is -1.81. The summed E-state index contributed by atoms with van der Waals surface area (Å²) in [5.41, 5.74) is 3.85. The molecule has 2 aromatic carbocycles. The lowest BCUT2D eigenvalue weighted by atomic mass is 10.2. The minimum atomic E-state index is -0.165. The van der Waals surface area contributed by atoms with Crippen LogP contribution in [0.4, 0.5) is 4.39 Å². The summed E-state index contributed by atoms with van der Waals surface area (Å²) in [6, 6.07) is 12.9. The second kappa shape index (κ2) is 5.05. The fourth-order valence-electron chi connectivity index (χ4n) is 1.98. The van der Waals surface area contributed by atoms with Crippen LogP contribution in [0.3, 0.4) is 0 Å². The number of aromatic amines is 1. The zero-order valence-electron chi connectivity index (χ0n) is 10.5. The van der Waals surface area contributed by atoms with Crippen LogP contribution in [0.25, 0.3) is 11.0 Å². The van der Waals surface area contributed by atoms with Crippen LogP contribution in [0, 0.1) is 12.7 Å². The van der Waals surface area contributed by atoms with Gasteiger partial charge in [-0.2, -0.15) is 0 Å². The van der Waals surface area contributed by atoms with Gasteiger partial charge in [0.2, 0.25) is 0 Å². The molecule has 0 aliphatic heterocycles. The number of aromatic nitrogens is 2. The van der Waals surface area contributed by atoms with Crippen molar-refractivity contribution >= 4 is 22.8 Å². The SMILES string of the molecule is Cc1cccc2[nH]c(SCc3ccccc3F)nc12. The number of hydrogen-bond donors (Lipinski definition) is 1. The predicted molar refractivity (Wildman–Crippen MR) is 76.8 cm³/mol. The van der Waals surface area contributed by atoms with Gasteiger partial charge < -0.3 is 4.98 Å². The molecular formula is C15H13FN2S. The third-order valence-electron chi connectivity index (χ3n) is 3.01. The first-order valence-corrected chi connectivity index (χ1v) is 7.04. The highest BCUT2D eigenvalue weighted by Crippen LogP contribution is 2.25. The van der Waals surface area contributed by atoms with E-state index in [9.17, 15) is 4.39 Å². The van der Waals surface area contributed by atoms with Gasteiger partial charge >= 0.3 is 0 Å². The van der Waals surface area contributed by atoms with Gasteiger partial charge in [0.05, 0.1) is 11.0 Å². The van der Waals surface area contributed by atoms with Crippen molar-refractivity contribution in [2.75, 3.05) is 0 Å². The first kappa shape index (κ1) is 12.2. The summed E-state index contributed by atoms with van der Waals surface area (Å²) in [6.45, 7) is 2.04. The molecule has 0 spiro atoms. The molecule has 96 valence electrons. The number of fused-ring (bicyclic) bond motifs is 1. The number of imidazole rings is 1. The zero-order chi connectivity index (χ0) is 13.2. The van der Waals surface area contributed by atoms with Crippen LogP contribution in [-0.2, 0) is 5.75 Å². The van der Waals surface area contributed by atoms with Crippen LogP contribution >= 0.6 is 11.8 Å². The van der Waals surface area contributed by atoms with Gasteiger partial charge in [-0.1, -0.05) is 42.1 Å². The van der Waals surface area contributed by atoms with E-state index >= 15 is 0 Å². The van der Waals surface area contributed by atoms with Crippen molar-refractivity contribution in [3.63, 3.8) is 0 Å². The van der Waals surface area contributed by atoms with E-state index in [2.05, 4.69) is 9.97 Å². The minimum Gasteiger partial charge on any atom is -0.333 e. The molecule has 1 heterocycles. The Labute approximate surface area is 115 Å². The van der Waals surface area contributed by atoms with Crippen molar-refractivity contribution in [1.82, 2.24) is 9.97 Å². The van der Waals surface area contributed by atoms with Gasteiger partial charge in [-0.05, 0) is 30.2 Å². The normalized spacial score (nSPS) is 11.1. The van der Waals surface area contributed by atoms with Crippen LogP contribution < -0.4 is 0 Å². The van der Waals surface area contributed by atoms with Gasteiger partial charge in [-0.3, -0.25) is 0 Å². The van der Waals surface area contributed by atoms with E-state index in [-0.39, 0.29) is 5.82 Å². The van der Waals surface area contributed by atoms with E-state index < -0.39 is 0 Å². The van der Waals surface area contributed by atoms with Gasteiger partial charge in [-0.15, -0.1) is 0 Å². The number of benzene rings is 2. The quantitative estimate of drug-likeness (QED) is 0.720. The van der Waals surface area contributed by atoms with Crippen molar-refractivity contribution in [3.05, 3.63) is 59.4 Å². The largest absolute Gasteiger partial charge is 0.333 e. The number of nitrogens with one attached hydrogen (secondary N) is 1. The average Bonchev–Trinajstić information content (AvgIpc) is 2.82. The molecule has 0 atom stereocenters. The molecule has 3 aromatic rings. The molecule has 0 bridgehead atoms. The monoisotopic (exact) mass is 272 g/mol. The lowest BCUT2D eigenvalue weighted by molar-refractivity contribution is 0.617. The zero-order valence-corrected chi connectivity index (χ0v) is 11.3. The maximum atomic E-state index is 13.5. The van der Waals surface area contributed by atoms with E-state index in [1.54, 1.807) is 12.1 Å². The summed E-state index contributed by atoms with van der Waals surface area (Å²) in [5, 5.41) is 0.826. The standard InChI is InChI=1S/C15H13FN2S/c1-10-5-4-8-13-14(10)18-15(17-13)19-9-11-6-2-3-7-12(11)16/h2-8H,9H2,1H3,(H,17,18). The van der Waals surface area contributed by atoms with Gasteiger partial charge in [0, 0.05) is 5.75 Å². The molecule has 0 radical (unpaired) electrons. The molecule has 1 aromatic heterocycles. The highest BCUT2D eigenvalue weighted by atomic mass is 32.2. The molecular weight excluding hydrogens is 259 g/mol. The maximum Gasteiger partial charge on any atom is 0.166 e. The Morgan fingerprint density at radius 3 is 2.79 bits per heavy atom. The number of para-hydroxylation sites is 1. The number of nitrogens with zero attached hydrogens (tertiary/aromatic N) is 1. The minimum absolute atomic E-state index is 0.165. The predicted octanol–water partition coefficient (Wildman–Crippen LogP) is 4.30. The highest BCUT2D eigenvalue weighted by Gasteiger charge is 2.07. The fraction of sp³-hybridized carbons (Fsp3) is 0.133. The topological polar surface area (TPSA) is 28.7 Å². The molecule has 0 saturated carbocycles. The maximum absolute atomic E-state index is 13.5. The van der Waals surface area contributed by atoms with Crippen LogP contribution in [-0.4, -0.2) is 9.97 Å². The summed E-state index contributed by atoms with van der Waals surface area (Å²) in [6.07, 6.45) is 0. The molecule has 3 rings (SSSR count). The summed E-state index contributed by atoms with van der Waals surface area (Å²) in [7, 11) is 0. The molecule has 0 unspecified atom stereocenters. The van der Waals surface area contributed by atoms with E-state index in [0.29, 0.717) is 11.3 Å². The van der Waals surface area contributed by atoms with Crippen LogP contribution in [0.5, 0.6) is 0 Å². The van der Waals surface area contributed by atoms with Gasteiger partial charge in [0.15, 0.2) is 5.16 Å². The Balaban J connectivity index is 1.83. The molecule has 0 aliphatic carbocycles. The van der Waals surface area contributed by atoms with E-state index in [4.69, 9.17) is 0 Å². The van der Waals surface area contributed by atoms with Gasteiger partial charge in [-0.25, -0.2) is 9.37 Å². The lowest BCUT2D eigenvalue weighted by Crippen LogP contribution is -1.86. The van der Waals surface area contributed by atoms with Crippen molar-refractivity contribution in [3.8, 4) is 0 Å². The molecule has 4 heteroatoms. The number of halogens is 1. The van der Waals surface area contributed by atoms with Gasteiger partial charge in [0.25, 0.3) is 0 Å². The van der Waals surface area contributed by atoms with E-state index in [1.807, 2.05) is 31.2 Å². The van der Waals surface area contributed by atoms with Crippen molar-refractivity contribution in [2.45, 2.75) is 17.8 Å². The first-order chi connectivity index (χ1) is 9.24. The molecule has 0 saturated heterocycles. The lowest BCUT2D eigenvalue weighted by Gasteiger charge is -2.00. The Bertz CT molecular complexity index is 721. The van der Waals surface area contributed by atoms with E-state index in [1.165, 1.54) is 17.8 Å². The fourth-order valence-corrected chi connectivity index (χ4v) is 2.85. The Morgan fingerprint density at radius 2 is 2.00 bits per heavy atom. The molecule has 2 nitrogen and oxygen atoms in total. The average molecular weight is 272 g/mol. The highest BCUT2D eigenvalue weighted by molar-refractivity contribution is 7.98. The van der Waals surface area contributed by atoms with Gasteiger partial charge in [0.1, 0.15) is 5.82 Å². The number of thioether (sulfide) groups is 1. The first-order valence-electron chi connectivity index (χ1n) is 6.05. The smallest absolute Gasteiger partial charge is 0.166 e. The van der Waals surface area contributed by atoms with E-state index in [0.717, 1.165) is 21.8 Å². The molecule has 0 aliphatic rings. The van der Waals surface area contributed by atoms with Crippen molar-refractivity contribution in [1.29, 1.82) is 0 Å². The third-order valence-corrected chi connectivity index (χ3v) is 3.94. The molecule has 0 amide bonds. The summed E-state index contributed by atoms with van der Waals surface area (Å²) >= 11 is 1.52. The Morgan fingerprint density at radius 1 is 1.16 bits per heavy atom.